The molecule has 2 N–H and O–H groups in total. The van der Waals surface area contributed by atoms with Gasteiger partial charge >= 0.3 is 0 Å². The van der Waals surface area contributed by atoms with Crippen molar-refractivity contribution in [1.29, 1.82) is 0 Å². The lowest BCUT2D eigenvalue weighted by Gasteiger charge is -2.10. The largest absolute Gasteiger partial charge is 0.453 e. The average Bonchev–Trinajstić information content (AvgIpc) is 2.68. The first kappa shape index (κ1) is 11.7. The molecule has 0 aliphatic rings. The summed E-state index contributed by atoms with van der Waals surface area (Å²) >= 11 is 9.27. The van der Waals surface area contributed by atoms with E-state index in [-0.39, 0.29) is 6.04 Å². The van der Waals surface area contributed by atoms with Crippen molar-refractivity contribution >= 4 is 27.5 Å². The highest BCUT2D eigenvalue weighted by molar-refractivity contribution is 9.10. The summed E-state index contributed by atoms with van der Waals surface area (Å²) in [6.07, 6.45) is 2.30. The van der Waals surface area contributed by atoms with E-state index in [1.807, 2.05) is 30.3 Å². The highest BCUT2D eigenvalue weighted by atomic mass is 79.9. The Morgan fingerprint density at radius 3 is 2.50 bits per heavy atom. The summed E-state index contributed by atoms with van der Waals surface area (Å²) in [5.41, 5.74) is 8.08. The summed E-state index contributed by atoms with van der Waals surface area (Å²) in [6.45, 7) is 0. The van der Waals surface area contributed by atoms with Crippen LogP contribution in [0.2, 0.25) is 5.22 Å². The van der Waals surface area contributed by atoms with Crippen molar-refractivity contribution in [1.82, 2.24) is 0 Å². The Kier molecular flexibility index (Phi) is 3.69. The molecular weight excluding hydrogens is 289 g/mol. The van der Waals surface area contributed by atoms with Crippen LogP contribution in [0, 0.1) is 0 Å². The Labute approximate surface area is 108 Å². The molecule has 1 unspecified atom stereocenters. The van der Waals surface area contributed by atoms with Gasteiger partial charge in [0.15, 0.2) is 5.22 Å². The normalized spacial score (nSPS) is 12.7. The summed E-state index contributed by atoms with van der Waals surface area (Å²) < 4.78 is 6.08. The lowest BCUT2D eigenvalue weighted by atomic mass is 10.0. The molecule has 2 nitrogen and oxygen atoms in total. The molecule has 16 heavy (non-hydrogen) atoms. The van der Waals surface area contributed by atoms with E-state index in [4.69, 9.17) is 21.8 Å². The van der Waals surface area contributed by atoms with E-state index in [1.165, 1.54) is 5.56 Å². The molecule has 0 aliphatic carbocycles. The van der Waals surface area contributed by atoms with Crippen LogP contribution in [0.25, 0.3) is 0 Å². The zero-order valence-electron chi connectivity index (χ0n) is 8.49. The topological polar surface area (TPSA) is 39.2 Å². The third kappa shape index (κ3) is 2.67. The molecule has 0 saturated carbocycles. The second-order valence-corrected chi connectivity index (χ2v) is 4.85. The molecule has 2 rings (SSSR count). The molecule has 1 heterocycles. The lowest BCUT2D eigenvalue weighted by molar-refractivity contribution is 0.560. The molecule has 0 saturated heterocycles. The van der Waals surface area contributed by atoms with Crippen molar-refractivity contribution in [3.05, 3.63) is 57.4 Å². The molecule has 4 heteroatoms. The van der Waals surface area contributed by atoms with Crippen molar-refractivity contribution < 1.29 is 4.42 Å². The highest BCUT2D eigenvalue weighted by Crippen LogP contribution is 2.25. The SMILES string of the molecule is NC(Cc1ccc(Br)cc1)c1ccoc1Cl. The maximum atomic E-state index is 6.05. The summed E-state index contributed by atoms with van der Waals surface area (Å²) in [5, 5.41) is 0.379. The van der Waals surface area contributed by atoms with Crippen LogP contribution >= 0.6 is 27.5 Å². The number of rotatable bonds is 3. The van der Waals surface area contributed by atoms with Gasteiger partial charge in [-0.15, -0.1) is 0 Å². The lowest BCUT2D eigenvalue weighted by Crippen LogP contribution is -2.12. The molecule has 0 bridgehead atoms. The fourth-order valence-electron chi connectivity index (χ4n) is 1.55. The van der Waals surface area contributed by atoms with Crippen molar-refractivity contribution in [2.75, 3.05) is 0 Å². The smallest absolute Gasteiger partial charge is 0.197 e. The first-order valence-corrected chi connectivity index (χ1v) is 6.07. The van der Waals surface area contributed by atoms with Crippen molar-refractivity contribution in [2.45, 2.75) is 12.5 Å². The number of benzene rings is 1. The zero-order chi connectivity index (χ0) is 11.5. The third-order valence-corrected chi connectivity index (χ3v) is 3.25. The second kappa shape index (κ2) is 5.04. The Morgan fingerprint density at radius 1 is 1.25 bits per heavy atom. The monoisotopic (exact) mass is 299 g/mol. The van der Waals surface area contributed by atoms with Gasteiger partial charge in [0, 0.05) is 16.1 Å². The van der Waals surface area contributed by atoms with Crippen LogP contribution in [-0.2, 0) is 6.42 Å². The van der Waals surface area contributed by atoms with Crippen LogP contribution in [0.4, 0.5) is 0 Å². The van der Waals surface area contributed by atoms with E-state index >= 15 is 0 Å². The number of furan rings is 1. The van der Waals surface area contributed by atoms with Gasteiger partial charge in [-0.1, -0.05) is 28.1 Å². The number of halogens is 2. The second-order valence-electron chi connectivity index (χ2n) is 3.59. The van der Waals surface area contributed by atoms with Gasteiger partial charge in [0.1, 0.15) is 0 Å². The van der Waals surface area contributed by atoms with Gasteiger partial charge in [-0.05, 0) is 41.8 Å². The molecule has 84 valence electrons. The molecule has 1 aromatic carbocycles. The van der Waals surface area contributed by atoms with Gasteiger partial charge in [-0.25, -0.2) is 0 Å². The van der Waals surface area contributed by atoms with Gasteiger partial charge in [-0.3, -0.25) is 0 Å². The summed E-state index contributed by atoms with van der Waals surface area (Å²) in [7, 11) is 0. The van der Waals surface area contributed by atoms with E-state index in [0.717, 1.165) is 16.5 Å². The predicted molar refractivity (Wildman–Crippen MR) is 68.5 cm³/mol. The van der Waals surface area contributed by atoms with E-state index < -0.39 is 0 Å². The van der Waals surface area contributed by atoms with Crippen LogP contribution in [0.3, 0.4) is 0 Å². The van der Waals surface area contributed by atoms with E-state index in [9.17, 15) is 0 Å². The van der Waals surface area contributed by atoms with E-state index in [0.29, 0.717) is 5.22 Å². The molecule has 0 spiro atoms. The summed E-state index contributed by atoms with van der Waals surface area (Å²) in [6, 6.07) is 9.76. The minimum Gasteiger partial charge on any atom is -0.453 e. The predicted octanol–water partition coefficient (Wildman–Crippen LogP) is 3.94. The number of hydrogen-bond donors (Lipinski definition) is 1. The molecular formula is C12H11BrClNO. The van der Waals surface area contributed by atoms with Crippen LogP contribution in [0.1, 0.15) is 17.2 Å². The molecule has 0 amide bonds. The van der Waals surface area contributed by atoms with Crippen LogP contribution < -0.4 is 5.73 Å². The average molecular weight is 301 g/mol. The minimum absolute atomic E-state index is 0.132. The minimum atomic E-state index is -0.132. The fourth-order valence-corrected chi connectivity index (χ4v) is 2.07. The summed E-state index contributed by atoms with van der Waals surface area (Å²) in [4.78, 5) is 0. The molecule has 2 aromatic rings. The summed E-state index contributed by atoms with van der Waals surface area (Å²) in [5.74, 6) is 0. The maximum Gasteiger partial charge on any atom is 0.197 e. The maximum absolute atomic E-state index is 6.05. The number of nitrogens with two attached hydrogens (primary N) is 1. The van der Waals surface area contributed by atoms with Gasteiger partial charge in [0.25, 0.3) is 0 Å². The van der Waals surface area contributed by atoms with Gasteiger partial charge in [0.05, 0.1) is 6.26 Å². The van der Waals surface area contributed by atoms with Crippen LogP contribution in [0.15, 0.2) is 45.5 Å². The Hall–Kier alpha value is -0.770. The van der Waals surface area contributed by atoms with Gasteiger partial charge in [-0.2, -0.15) is 0 Å². The molecule has 0 fully saturated rings. The Morgan fingerprint density at radius 2 is 1.94 bits per heavy atom. The van der Waals surface area contributed by atoms with Gasteiger partial charge < -0.3 is 10.2 Å². The zero-order valence-corrected chi connectivity index (χ0v) is 10.8. The first-order valence-electron chi connectivity index (χ1n) is 4.89. The van der Waals surface area contributed by atoms with Crippen molar-refractivity contribution in [3.8, 4) is 0 Å². The van der Waals surface area contributed by atoms with Crippen molar-refractivity contribution in [3.63, 3.8) is 0 Å². The fraction of sp³-hybridized carbons (Fsp3) is 0.167. The highest BCUT2D eigenvalue weighted by Gasteiger charge is 2.13. The van der Waals surface area contributed by atoms with Gasteiger partial charge in [0.2, 0.25) is 0 Å². The Balaban J connectivity index is 2.10. The quantitative estimate of drug-likeness (QED) is 0.932. The molecule has 1 atom stereocenters. The van der Waals surface area contributed by atoms with E-state index in [1.54, 1.807) is 6.26 Å². The molecule has 0 radical (unpaired) electrons. The molecule has 0 aliphatic heterocycles. The molecule has 1 aromatic heterocycles. The number of hydrogen-bond acceptors (Lipinski definition) is 2. The third-order valence-electron chi connectivity index (χ3n) is 2.41. The van der Waals surface area contributed by atoms with E-state index in [2.05, 4.69) is 15.9 Å². The van der Waals surface area contributed by atoms with Crippen LogP contribution in [-0.4, -0.2) is 0 Å². The Bertz CT molecular complexity index is 466. The van der Waals surface area contributed by atoms with Crippen molar-refractivity contribution in [2.24, 2.45) is 5.73 Å². The first-order chi connectivity index (χ1) is 7.66. The standard InChI is InChI=1S/C12H11BrClNO/c13-9-3-1-8(2-4-9)7-11(15)10-5-6-16-12(10)14/h1-6,11H,7,15H2. The van der Waals surface area contributed by atoms with Crippen LogP contribution in [0.5, 0.6) is 0 Å².